The van der Waals surface area contributed by atoms with E-state index in [9.17, 15) is 19.2 Å². The number of rotatable bonds is 3. The van der Waals surface area contributed by atoms with Gasteiger partial charge in [-0.15, -0.1) is 23.5 Å². The molecule has 0 N–H and O–H groups in total. The second-order valence-electron chi connectivity index (χ2n) is 4.70. The SMILES string of the molecule is C.C.C.C.C.C.CC1=C(C)C(=O)CC1=O.CS.CS.CSC1=C(SC)C(=O)CC1=O.CSSC. The highest BCUT2D eigenvalue weighted by Gasteiger charge is 2.29. The number of hydrogen-bond acceptors (Lipinski definition) is 10. The van der Waals surface area contributed by atoms with Gasteiger partial charge in [-0.05, 0) is 62.5 Å². The third-order valence-electron chi connectivity index (χ3n) is 3.33. The van der Waals surface area contributed by atoms with Crippen molar-refractivity contribution in [2.24, 2.45) is 0 Å². The summed E-state index contributed by atoms with van der Waals surface area (Å²) in [4.78, 5) is 44.9. The van der Waals surface area contributed by atoms with Crippen LogP contribution in [0, 0.1) is 0 Å². The first-order valence-electron chi connectivity index (χ1n) is 7.83. The molecule has 2 aliphatic carbocycles. The molecule has 0 aromatic heterocycles. The number of Topliss-reactive ketones (excluding diaryl/α,β-unsaturated/α-hetero) is 4. The van der Waals surface area contributed by atoms with E-state index < -0.39 is 0 Å². The quantitative estimate of drug-likeness (QED) is 0.190. The summed E-state index contributed by atoms with van der Waals surface area (Å²) in [5, 5.41) is 0. The molecule has 0 saturated carbocycles. The van der Waals surface area contributed by atoms with Crippen molar-refractivity contribution < 1.29 is 19.2 Å². The van der Waals surface area contributed by atoms with Gasteiger partial charge in [0.25, 0.3) is 0 Å². The van der Waals surface area contributed by atoms with Gasteiger partial charge in [0.2, 0.25) is 0 Å². The summed E-state index contributed by atoms with van der Waals surface area (Å²) >= 11 is 9.79. The lowest BCUT2D eigenvalue weighted by molar-refractivity contribution is -0.122. The normalized spacial score (nSPS) is 12.4. The Hall–Kier alpha value is 0.260. The van der Waals surface area contributed by atoms with Gasteiger partial charge < -0.3 is 0 Å². The van der Waals surface area contributed by atoms with Crippen LogP contribution < -0.4 is 0 Å². The van der Waals surface area contributed by atoms with E-state index in [4.69, 9.17) is 0 Å². The number of thioether (sulfide) groups is 2. The van der Waals surface area contributed by atoms with Crippen LogP contribution in [0.15, 0.2) is 21.0 Å². The number of carbonyl (C=O) groups excluding carboxylic acids is 4. The number of hydrogen-bond donors (Lipinski definition) is 2. The second-order valence-corrected chi connectivity index (χ2v) is 9.00. The summed E-state index contributed by atoms with van der Waals surface area (Å²) in [6.45, 7) is 3.39. The van der Waals surface area contributed by atoms with Crippen LogP contribution in [-0.2, 0) is 19.2 Å². The summed E-state index contributed by atoms with van der Waals surface area (Å²) in [5.74, 6) is -0.0753. The molecule has 0 fully saturated rings. The van der Waals surface area contributed by atoms with E-state index >= 15 is 0 Å². The second kappa shape index (κ2) is 37.8. The van der Waals surface area contributed by atoms with Crippen LogP contribution in [0.25, 0.3) is 0 Å². The van der Waals surface area contributed by atoms with Crippen LogP contribution in [-0.4, -0.2) is 60.7 Å². The smallest absolute Gasteiger partial charge is 0.178 e. The topological polar surface area (TPSA) is 68.3 Å². The highest BCUT2D eigenvalue weighted by molar-refractivity contribution is 8.76. The van der Waals surface area contributed by atoms with E-state index in [0.717, 1.165) is 0 Å². The van der Waals surface area contributed by atoms with Crippen LogP contribution >= 0.6 is 70.4 Å². The molecule has 2 rings (SSSR count). The zero-order valence-corrected chi connectivity index (χ0v) is 22.6. The van der Waals surface area contributed by atoms with Crippen LogP contribution in [0.3, 0.4) is 0 Å². The molecule has 0 radical (unpaired) electrons. The van der Waals surface area contributed by atoms with E-state index in [-0.39, 0.29) is 80.5 Å². The molecule has 0 spiro atoms. The molecule has 0 aromatic carbocycles. The average molecular weight is 599 g/mol. The van der Waals surface area contributed by atoms with Crippen LogP contribution in [0.2, 0.25) is 0 Å². The molecule has 4 nitrogen and oxygen atoms in total. The molecule has 210 valence electrons. The first-order chi connectivity index (χ1) is 13.2. The van der Waals surface area contributed by atoms with Gasteiger partial charge in [0, 0.05) is 0 Å². The molecule has 0 aliphatic heterocycles. The van der Waals surface area contributed by atoms with Gasteiger partial charge in [-0.3, -0.25) is 19.2 Å². The monoisotopic (exact) mass is 598 g/mol. The Morgan fingerprint density at radius 3 is 0.824 bits per heavy atom. The lowest BCUT2D eigenvalue weighted by Gasteiger charge is -1.95. The molecule has 0 saturated heterocycles. The Morgan fingerprint density at radius 2 is 0.706 bits per heavy atom. The maximum absolute atomic E-state index is 11.1. The maximum Gasteiger partial charge on any atom is 0.178 e. The lowest BCUT2D eigenvalue weighted by Crippen LogP contribution is -1.95. The van der Waals surface area contributed by atoms with Gasteiger partial charge in [0.1, 0.15) is 0 Å². The highest BCUT2D eigenvalue weighted by atomic mass is 33.1. The molecule has 34 heavy (non-hydrogen) atoms. The van der Waals surface area contributed by atoms with Gasteiger partial charge in [-0.25, -0.2) is 0 Å². The van der Waals surface area contributed by atoms with Crippen LogP contribution in [0.5, 0.6) is 0 Å². The van der Waals surface area contributed by atoms with Crippen molar-refractivity contribution in [3.05, 3.63) is 21.0 Å². The van der Waals surface area contributed by atoms with Crippen molar-refractivity contribution in [2.45, 2.75) is 71.2 Å². The third-order valence-corrected chi connectivity index (χ3v) is 6.47. The first-order valence-corrected chi connectivity index (χ1v) is 15.0. The van der Waals surface area contributed by atoms with Gasteiger partial charge in [-0.2, -0.15) is 25.3 Å². The molecular weight excluding hydrogens is 545 g/mol. The summed E-state index contributed by atoms with van der Waals surface area (Å²) in [6, 6.07) is 0. The van der Waals surface area contributed by atoms with Crippen molar-refractivity contribution in [1.82, 2.24) is 0 Å². The van der Waals surface area contributed by atoms with Crippen molar-refractivity contribution in [1.29, 1.82) is 0 Å². The Labute approximate surface area is 241 Å². The van der Waals surface area contributed by atoms with E-state index in [1.165, 1.54) is 23.5 Å². The molecule has 0 bridgehead atoms. The summed E-state index contributed by atoms with van der Waals surface area (Å²) in [6.07, 6.45) is 11.3. The lowest BCUT2D eigenvalue weighted by atomic mass is 10.2. The van der Waals surface area contributed by atoms with E-state index in [0.29, 0.717) is 21.0 Å². The van der Waals surface area contributed by atoms with Crippen molar-refractivity contribution in [3.8, 4) is 0 Å². The van der Waals surface area contributed by atoms with E-state index in [1.54, 1.807) is 47.9 Å². The molecule has 2 aliphatic rings. The fourth-order valence-electron chi connectivity index (χ4n) is 1.80. The number of allylic oxidation sites excluding steroid dienone is 4. The predicted molar refractivity (Wildman–Crippen MR) is 179 cm³/mol. The van der Waals surface area contributed by atoms with Crippen LogP contribution in [0.4, 0.5) is 0 Å². The number of thiol groups is 2. The van der Waals surface area contributed by atoms with E-state index in [2.05, 4.69) is 37.8 Å². The van der Waals surface area contributed by atoms with E-state index in [1.807, 2.05) is 12.5 Å². The van der Waals surface area contributed by atoms with Crippen molar-refractivity contribution in [3.63, 3.8) is 0 Å². The average Bonchev–Trinajstić information content (AvgIpc) is 3.13. The molecule has 0 atom stereocenters. The zero-order chi connectivity index (χ0) is 22.9. The van der Waals surface area contributed by atoms with Gasteiger partial charge in [-0.1, -0.05) is 66.1 Å². The highest BCUT2D eigenvalue weighted by Crippen LogP contribution is 2.33. The molecule has 10 heteroatoms. The fourth-order valence-corrected chi connectivity index (χ4v) is 3.50. The Bertz CT molecular complexity index is 552. The van der Waals surface area contributed by atoms with Crippen molar-refractivity contribution in [2.75, 3.05) is 37.5 Å². The Morgan fingerprint density at radius 1 is 0.500 bits per heavy atom. The Balaban J connectivity index is -0.0000000357. The maximum atomic E-state index is 11.1. The predicted octanol–water partition coefficient (Wildman–Crippen LogP) is 8.87. The number of ketones is 4. The summed E-state index contributed by atoms with van der Waals surface area (Å²) in [7, 11) is 3.55. The fraction of sp³-hybridized carbons (Fsp3) is 0.667. The van der Waals surface area contributed by atoms with Crippen molar-refractivity contribution >= 4 is 93.5 Å². The van der Waals surface area contributed by atoms with Crippen LogP contribution in [0.1, 0.15) is 71.2 Å². The van der Waals surface area contributed by atoms with Gasteiger partial charge >= 0.3 is 0 Å². The molecular formula is C24H54O4S6. The minimum Gasteiger partial charge on any atom is -0.294 e. The largest absolute Gasteiger partial charge is 0.294 e. The first kappa shape index (κ1) is 59.4. The summed E-state index contributed by atoms with van der Waals surface area (Å²) < 4.78 is 0. The molecule has 0 amide bonds. The molecule has 0 heterocycles. The minimum absolute atomic E-state index is 0. The van der Waals surface area contributed by atoms with Gasteiger partial charge in [0.05, 0.1) is 22.7 Å². The summed E-state index contributed by atoms with van der Waals surface area (Å²) in [5.41, 5.74) is 1.28. The number of carbonyl (C=O) groups is 4. The zero-order valence-electron chi connectivity index (χ0n) is 17.6. The molecule has 0 aromatic rings. The third kappa shape index (κ3) is 22.7. The Kier molecular flexibility index (Phi) is 66.0. The molecule has 0 unspecified atom stereocenters. The van der Waals surface area contributed by atoms with Gasteiger partial charge in [0.15, 0.2) is 23.1 Å². The standard InChI is InChI=1S/C7H8O2S2.C7H8O2.C2H6S2.2CH4S.6CH4/c1-10-6-4(8)3-5(9)7(6)11-2;1-4-5(2)7(9)3-6(4)8;1-3-4-2;2*1-2;;;;;;/h3H2,1-2H3;3H2,1-2H3;1-2H3;2*2H,1H3;6*1H4. The minimum atomic E-state index is -0.0214.